The van der Waals surface area contributed by atoms with Crippen molar-refractivity contribution in [1.82, 2.24) is 0 Å². The van der Waals surface area contributed by atoms with Crippen LogP contribution in [0.1, 0.15) is 45.4 Å². The fourth-order valence-corrected chi connectivity index (χ4v) is 3.32. The largest absolute Gasteiger partial charge is 0.480 e. The highest BCUT2D eigenvalue weighted by Gasteiger charge is 2.27. The Bertz CT molecular complexity index is 213. The van der Waals surface area contributed by atoms with Crippen LogP contribution in [0.15, 0.2) is 0 Å². The van der Waals surface area contributed by atoms with Gasteiger partial charge in [0.1, 0.15) is 5.54 Å². The van der Waals surface area contributed by atoms with Gasteiger partial charge in [0.25, 0.3) is 0 Å². The van der Waals surface area contributed by atoms with E-state index in [-0.39, 0.29) is 0 Å². The fourth-order valence-electron chi connectivity index (χ4n) is 1.78. The number of hydrogen-bond donors (Lipinski definition) is 2. The van der Waals surface area contributed by atoms with Crippen molar-refractivity contribution in [1.29, 1.82) is 0 Å². The molecule has 0 spiro atoms. The first-order valence-corrected chi connectivity index (χ1v) is 6.71. The molecule has 4 heteroatoms. The second kappa shape index (κ2) is 5.75. The van der Waals surface area contributed by atoms with Gasteiger partial charge in [-0.25, -0.2) is 0 Å². The van der Waals surface area contributed by atoms with Gasteiger partial charge in [0.05, 0.1) is 0 Å². The molecular formula is C11H21NO2S. The summed E-state index contributed by atoms with van der Waals surface area (Å²) in [5, 5.41) is 9.58. The molecule has 1 rings (SSSR count). The monoisotopic (exact) mass is 231 g/mol. The molecule has 0 aliphatic heterocycles. The quantitative estimate of drug-likeness (QED) is 0.761. The van der Waals surface area contributed by atoms with Crippen LogP contribution in [0.3, 0.4) is 0 Å². The second-order valence-corrected chi connectivity index (χ2v) is 6.01. The zero-order valence-electron chi connectivity index (χ0n) is 9.37. The van der Waals surface area contributed by atoms with Gasteiger partial charge < -0.3 is 10.8 Å². The molecular weight excluding hydrogens is 210 g/mol. The van der Waals surface area contributed by atoms with Crippen LogP contribution in [0.4, 0.5) is 0 Å². The number of rotatable bonds is 5. The third-order valence-corrected chi connectivity index (χ3v) is 4.40. The molecule has 0 aromatic carbocycles. The highest BCUT2D eigenvalue weighted by Crippen LogP contribution is 2.29. The lowest BCUT2D eigenvalue weighted by molar-refractivity contribution is -0.142. The summed E-state index contributed by atoms with van der Waals surface area (Å²) in [6.45, 7) is 1.59. The minimum Gasteiger partial charge on any atom is -0.480 e. The van der Waals surface area contributed by atoms with E-state index in [1.54, 1.807) is 6.92 Å². The van der Waals surface area contributed by atoms with Crippen molar-refractivity contribution in [3.63, 3.8) is 0 Å². The number of thioether (sulfide) groups is 1. The lowest BCUT2D eigenvalue weighted by atomic mass is 10.0. The molecule has 15 heavy (non-hydrogen) atoms. The van der Waals surface area contributed by atoms with Gasteiger partial charge in [-0.3, -0.25) is 4.79 Å². The lowest BCUT2D eigenvalue weighted by Gasteiger charge is -2.23. The molecule has 0 bridgehead atoms. The highest BCUT2D eigenvalue weighted by atomic mass is 32.2. The molecule has 3 N–H and O–H groups in total. The van der Waals surface area contributed by atoms with E-state index in [0.717, 1.165) is 11.0 Å². The van der Waals surface area contributed by atoms with E-state index in [1.165, 1.54) is 32.1 Å². The van der Waals surface area contributed by atoms with Gasteiger partial charge >= 0.3 is 5.97 Å². The van der Waals surface area contributed by atoms with Crippen molar-refractivity contribution < 1.29 is 9.90 Å². The minimum absolute atomic E-state index is 0.559. The van der Waals surface area contributed by atoms with Gasteiger partial charge in [-0.2, -0.15) is 11.8 Å². The third-order valence-electron chi connectivity index (χ3n) is 3.02. The predicted octanol–water partition coefficient (Wildman–Crippen LogP) is 2.24. The van der Waals surface area contributed by atoms with E-state index in [0.29, 0.717) is 6.42 Å². The van der Waals surface area contributed by atoms with Crippen molar-refractivity contribution in [2.45, 2.75) is 56.2 Å². The molecule has 1 unspecified atom stereocenters. The summed E-state index contributed by atoms with van der Waals surface area (Å²) in [6, 6.07) is 0. The van der Waals surface area contributed by atoms with Crippen molar-refractivity contribution in [3.8, 4) is 0 Å². The number of carboxylic acid groups (broad SMARTS) is 1. The van der Waals surface area contributed by atoms with E-state index in [9.17, 15) is 4.79 Å². The van der Waals surface area contributed by atoms with E-state index < -0.39 is 11.5 Å². The predicted molar refractivity (Wildman–Crippen MR) is 64.2 cm³/mol. The number of nitrogens with two attached hydrogens (primary N) is 1. The van der Waals surface area contributed by atoms with Crippen LogP contribution in [0.5, 0.6) is 0 Å². The average Bonchev–Trinajstić information content (AvgIpc) is 2.19. The van der Waals surface area contributed by atoms with Gasteiger partial charge in [0.15, 0.2) is 0 Å². The van der Waals surface area contributed by atoms with E-state index in [2.05, 4.69) is 0 Å². The molecule has 3 nitrogen and oxygen atoms in total. The van der Waals surface area contributed by atoms with Crippen molar-refractivity contribution in [2.24, 2.45) is 5.73 Å². The van der Waals surface area contributed by atoms with Gasteiger partial charge in [-0.1, -0.05) is 19.3 Å². The van der Waals surface area contributed by atoms with Gasteiger partial charge in [0.2, 0.25) is 0 Å². The summed E-state index contributed by atoms with van der Waals surface area (Å²) in [7, 11) is 0. The second-order valence-electron chi connectivity index (χ2n) is 4.60. The van der Waals surface area contributed by atoms with Crippen LogP contribution in [0, 0.1) is 0 Å². The molecule has 0 aromatic rings. The lowest BCUT2D eigenvalue weighted by Crippen LogP contribution is -2.45. The highest BCUT2D eigenvalue weighted by molar-refractivity contribution is 7.99. The Morgan fingerprint density at radius 2 is 2.07 bits per heavy atom. The minimum atomic E-state index is -1.05. The van der Waals surface area contributed by atoms with Crippen molar-refractivity contribution in [3.05, 3.63) is 0 Å². The molecule has 0 radical (unpaired) electrons. The molecule has 1 aliphatic rings. The number of carboxylic acids is 1. The number of aliphatic carboxylic acids is 1. The molecule has 1 fully saturated rings. The molecule has 0 saturated heterocycles. The van der Waals surface area contributed by atoms with Crippen LogP contribution in [0.2, 0.25) is 0 Å². The maximum absolute atomic E-state index is 10.8. The summed E-state index contributed by atoms with van der Waals surface area (Å²) in [5.41, 5.74) is 4.61. The van der Waals surface area contributed by atoms with E-state index >= 15 is 0 Å². The summed E-state index contributed by atoms with van der Waals surface area (Å²) < 4.78 is 0. The first kappa shape index (κ1) is 12.8. The summed E-state index contributed by atoms with van der Waals surface area (Å²) in [4.78, 5) is 10.8. The van der Waals surface area contributed by atoms with Crippen LogP contribution >= 0.6 is 11.8 Å². The van der Waals surface area contributed by atoms with Gasteiger partial charge in [-0.15, -0.1) is 0 Å². The molecule has 0 heterocycles. The normalized spacial score (nSPS) is 22.3. The first-order valence-electron chi connectivity index (χ1n) is 5.66. The Morgan fingerprint density at radius 3 is 2.60 bits per heavy atom. The molecule has 1 atom stereocenters. The topological polar surface area (TPSA) is 63.3 Å². The number of hydrogen-bond acceptors (Lipinski definition) is 3. The van der Waals surface area contributed by atoms with E-state index in [4.69, 9.17) is 10.8 Å². The Morgan fingerprint density at radius 1 is 1.47 bits per heavy atom. The van der Waals surface area contributed by atoms with Crippen LogP contribution < -0.4 is 5.73 Å². The van der Waals surface area contributed by atoms with Gasteiger partial charge in [-0.05, 0) is 31.9 Å². The molecule has 0 aromatic heterocycles. The Kier molecular flexibility index (Phi) is 4.93. The maximum Gasteiger partial charge on any atom is 0.323 e. The molecule has 1 aliphatic carbocycles. The average molecular weight is 231 g/mol. The Hall–Kier alpha value is -0.220. The molecule has 0 amide bonds. The standard InChI is InChI=1S/C11H21NO2S/c1-11(12,10(13)14)7-8-15-9-5-3-2-4-6-9/h9H,2-8,12H2,1H3,(H,13,14). The summed E-state index contributed by atoms with van der Waals surface area (Å²) in [5.74, 6) is -0.0315. The first-order chi connectivity index (χ1) is 7.02. The zero-order chi connectivity index (χ0) is 11.3. The summed E-state index contributed by atoms with van der Waals surface area (Å²) >= 11 is 1.90. The SMILES string of the molecule is CC(N)(CCSC1CCCCC1)C(=O)O. The maximum atomic E-state index is 10.8. The fraction of sp³-hybridized carbons (Fsp3) is 0.909. The zero-order valence-corrected chi connectivity index (χ0v) is 10.2. The van der Waals surface area contributed by atoms with Crippen LogP contribution in [-0.4, -0.2) is 27.6 Å². The Balaban J connectivity index is 2.17. The number of carbonyl (C=O) groups is 1. The molecule has 1 saturated carbocycles. The van der Waals surface area contributed by atoms with E-state index in [1.807, 2.05) is 11.8 Å². The summed E-state index contributed by atoms with van der Waals surface area (Å²) in [6.07, 6.45) is 7.16. The molecule has 88 valence electrons. The Labute approximate surface area is 95.8 Å². The van der Waals surface area contributed by atoms with Gasteiger partial charge in [0, 0.05) is 5.25 Å². The van der Waals surface area contributed by atoms with Crippen molar-refractivity contribution in [2.75, 3.05) is 5.75 Å². The van der Waals surface area contributed by atoms with Crippen LogP contribution in [0.25, 0.3) is 0 Å². The van der Waals surface area contributed by atoms with Crippen molar-refractivity contribution >= 4 is 17.7 Å². The third kappa shape index (κ3) is 4.43. The smallest absolute Gasteiger partial charge is 0.323 e. The van der Waals surface area contributed by atoms with Crippen LogP contribution in [-0.2, 0) is 4.79 Å².